The Kier molecular flexibility index (Phi) is 4.07. The van der Waals surface area contributed by atoms with Gasteiger partial charge in [0, 0.05) is 18.3 Å². The van der Waals surface area contributed by atoms with Crippen molar-refractivity contribution in [3.63, 3.8) is 0 Å². The first-order chi connectivity index (χ1) is 7.10. The molecule has 0 bridgehead atoms. The molecule has 0 unspecified atom stereocenters. The summed E-state index contributed by atoms with van der Waals surface area (Å²) < 4.78 is 4.99. The minimum absolute atomic E-state index is 0.378. The topological polar surface area (TPSA) is 62.2 Å². The van der Waals surface area contributed by atoms with Crippen molar-refractivity contribution >= 4 is 38.0 Å². The van der Waals surface area contributed by atoms with Crippen LogP contribution in [0.5, 0.6) is 0 Å². The van der Waals surface area contributed by atoms with Crippen molar-refractivity contribution in [2.75, 3.05) is 19.5 Å². The van der Waals surface area contributed by atoms with Crippen LogP contribution in [0, 0.1) is 5.41 Å². The van der Waals surface area contributed by atoms with Gasteiger partial charge in [0.1, 0.15) is 3.72 Å². The summed E-state index contributed by atoms with van der Waals surface area (Å²) >= 11 is 1.90. The highest BCUT2D eigenvalue weighted by Gasteiger charge is 2.10. The number of carbonyl (C=O) groups excluding carboxylic acids is 1. The van der Waals surface area contributed by atoms with Gasteiger partial charge < -0.3 is 10.1 Å². The summed E-state index contributed by atoms with van der Waals surface area (Å²) in [6.07, 6.45) is 0. The zero-order valence-corrected chi connectivity index (χ0v) is 10.6. The highest BCUT2D eigenvalue weighted by Crippen LogP contribution is 2.20. The van der Waals surface area contributed by atoms with Gasteiger partial charge in [-0.2, -0.15) is 0 Å². The minimum atomic E-state index is -0.392. The molecule has 0 aromatic heterocycles. The Morgan fingerprint density at radius 1 is 1.53 bits per heavy atom. The Morgan fingerprint density at radius 2 is 2.20 bits per heavy atom. The van der Waals surface area contributed by atoms with Gasteiger partial charge in [0.25, 0.3) is 0 Å². The van der Waals surface area contributed by atoms with E-state index in [0.29, 0.717) is 14.8 Å². The number of carbonyl (C=O) groups is 1. The average molecular weight is 318 g/mol. The van der Waals surface area contributed by atoms with Gasteiger partial charge in [-0.25, -0.2) is 4.79 Å². The number of ether oxygens (including phenoxy) is 1. The van der Waals surface area contributed by atoms with E-state index in [1.165, 1.54) is 7.11 Å². The molecule has 0 atom stereocenters. The second-order valence-electron chi connectivity index (χ2n) is 2.82. The van der Waals surface area contributed by atoms with Gasteiger partial charge in [0.15, 0.2) is 0 Å². The summed E-state index contributed by atoms with van der Waals surface area (Å²) in [5.74, 6) is -0.392. The Hall–Kier alpha value is -1.11. The highest BCUT2D eigenvalue weighted by molar-refractivity contribution is 14.1. The summed E-state index contributed by atoms with van der Waals surface area (Å²) in [7, 11) is 3.11. The molecule has 1 aromatic carbocycles. The fourth-order valence-corrected chi connectivity index (χ4v) is 1.63. The predicted octanol–water partition coefficient (Wildman–Crippen LogP) is 2.28. The molecule has 0 aliphatic carbocycles. The number of anilines is 1. The molecule has 80 valence electrons. The molecule has 0 saturated carbocycles. The maximum absolute atomic E-state index is 11.3. The van der Waals surface area contributed by atoms with Crippen LogP contribution in [-0.4, -0.2) is 23.8 Å². The van der Waals surface area contributed by atoms with Crippen molar-refractivity contribution in [3.05, 3.63) is 29.3 Å². The molecule has 0 aliphatic heterocycles. The first-order valence-corrected chi connectivity index (χ1v) is 5.32. The normalized spacial score (nSPS) is 9.53. The molecule has 1 rings (SSSR count). The predicted molar refractivity (Wildman–Crippen MR) is 68.2 cm³/mol. The Bertz CT molecular complexity index is 404. The third kappa shape index (κ3) is 2.68. The number of hydrogen-bond donors (Lipinski definition) is 2. The van der Waals surface area contributed by atoms with E-state index in [4.69, 9.17) is 5.41 Å². The van der Waals surface area contributed by atoms with Crippen LogP contribution in [-0.2, 0) is 4.74 Å². The maximum atomic E-state index is 11.3. The van der Waals surface area contributed by atoms with E-state index >= 15 is 0 Å². The van der Waals surface area contributed by atoms with E-state index in [9.17, 15) is 4.79 Å². The van der Waals surface area contributed by atoms with Crippen molar-refractivity contribution in [2.24, 2.45) is 0 Å². The summed E-state index contributed by atoms with van der Waals surface area (Å²) in [6, 6.07) is 5.07. The number of benzene rings is 1. The van der Waals surface area contributed by atoms with Crippen LogP contribution in [0.4, 0.5) is 5.69 Å². The van der Waals surface area contributed by atoms with E-state index in [1.807, 2.05) is 22.6 Å². The van der Waals surface area contributed by atoms with Crippen LogP contribution in [0.1, 0.15) is 15.9 Å². The number of halogens is 1. The van der Waals surface area contributed by atoms with E-state index in [-0.39, 0.29) is 0 Å². The highest BCUT2D eigenvalue weighted by atomic mass is 127. The van der Waals surface area contributed by atoms with Gasteiger partial charge in [-0.1, -0.05) is 0 Å². The summed E-state index contributed by atoms with van der Waals surface area (Å²) in [6.45, 7) is 0. The largest absolute Gasteiger partial charge is 0.465 e. The molecule has 1 aromatic rings. The van der Waals surface area contributed by atoms with Crippen LogP contribution < -0.4 is 5.32 Å². The lowest BCUT2D eigenvalue weighted by Crippen LogP contribution is -2.05. The third-order valence-corrected chi connectivity index (χ3v) is 2.53. The zero-order chi connectivity index (χ0) is 11.4. The first-order valence-electron chi connectivity index (χ1n) is 4.24. The molecule has 2 N–H and O–H groups in total. The number of hydrogen-bond acceptors (Lipinski definition) is 4. The summed E-state index contributed by atoms with van der Waals surface area (Å²) in [4.78, 5) is 11.3. The van der Waals surface area contributed by atoms with Crippen molar-refractivity contribution in [1.29, 1.82) is 5.41 Å². The molecule has 0 saturated heterocycles. The lowest BCUT2D eigenvalue weighted by atomic mass is 10.1. The average Bonchev–Trinajstić information content (AvgIpc) is 2.27. The van der Waals surface area contributed by atoms with Gasteiger partial charge in [0.05, 0.1) is 12.7 Å². The van der Waals surface area contributed by atoms with Crippen LogP contribution >= 0.6 is 22.6 Å². The fourth-order valence-electron chi connectivity index (χ4n) is 1.19. The fraction of sp³-hybridized carbons (Fsp3) is 0.200. The Balaban J connectivity index is 3.22. The second kappa shape index (κ2) is 5.11. The summed E-state index contributed by atoms with van der Waals surface area (Å²) in [5, 5.41) is 10.5. The Labute approximate surface area is 102 Å². The van der Waals surface area contributed by atoms with E-state index in [1.54, 1.807) is 25.2 Å². The van der Waals surface area contributed by atoms with Crippen molar-refractivity contribution in [2.45, 2.75) is 0 Å². The molecule has 0 amide bonds. The number of methoxy groups -OCH3 is 1. The smallest absolute Gasteiger partial charge is 0.337 e. The van der Waals surface area contributed by atoms with Gasteiger partial charge in [-0.15, -0.1) is 0 Å². The van der Waals surface area contributed by atoms with E-state index < -0.39 is 5.97 Å². The molecule has 0 heterocycles. The SMILES string of the molecule is CNc1ccc(C(=O)OC)cc1C(=N)I. The summed E-state index contributed by atoms with van der Waals surface area (Å²) in [5.41, 5.74) is 1.97. The van der Waals surface area contributed by atoms with Crippen LogP contribution in [0.3, 0.4) is 0 Å². The molecule has 15 heavy (non-hydrogen) atoms. The van der Waals surface area contributed by atoms with Crippen LogP contribution in [0.15, 0.2) is 18.2 Å². The van der Waals surface area contributed by atoms with Crippen LogP contribution in [0.25, 0.3) is 0 Å². The molecular formula is C10H11IN2O2. The van der Waals surface area contributed by atoms with Crippen LogP contribution in [0.2, 0.25) is 0 Å². The Morgan fingerprint density at radius 3 is 2.67 bits per heavy atom. The molecule has 0 spiro atoms. The second-order valence-corrected chi connectivity index (χ2v) is 3.89. The minimum Gasteiger partial charge on any atom is -0.465 e. The van der Waals surface area contributed by atoms with Gasteiger partial charge in [-0.05, 0) is 40.8 Å². The lowest BCUT2D eigenvalue weighted by molar-refractivity contribution is 0.0601. The monoisotopic (exact) mass is 318 g/mol. The number of rotatable bonds is 3. The first kappa shape index (κ1) is 12.0. The number of esters is 1. The van der Waals surface area contributed by atoms with Crippen molar-refractivity contribution in [1.82, 2.24) is 0 Å². The standard InChI is InChI=1S/C10H11IN2O2/c1-13-8-4-3-6(10(14)15-2)5-7(8)9(11)12/h3-5,12-13H,1-2H3. The van der Waals surface area contributed by atoms with Crippen molar-refractivity contribution in [3.8, 4) is 0 Å². The molecule has 0 fully saturated rings. The lowest BCUT2D eigenvalue weighted by Gasteiger charge is -2.08. The van der Waals surface area contributed by atoms with E-state index in [2.05, 4.69) is 10.1 Å². The zero-order valence-electron chi connectivity index (χ0n) is 8.43. The van der Waals surface area contributed by atoms with Gasteiger partial charge in [0.2, 0.25) is 0 Å². The molecule has 5 heteroatoms. The quantitative estimate of drug-likeness (QED) is 0.511. The van der Waals surface area contributed by atoms with Gasteiger partial charge >= 0.3 is 5.97 Å². The molecule has 4 nitrogen and oxygen atoms in total. The van der Waals surface area contributed by atoms with Gasteiger partial charge in [-0.3, -0.25) is 5.41 Å². The molecular weight excluding hydrogens is 307 g/mol. The number of nitrogens with one attached hydrogen (secondary N) is 2. The van der Waals surface area contributed by atoms with Crippen molar-refractivity contribution < 1.29 is 9.53 Å². The molecule has 0 radical (unpaired) electrons. The third-order valence-electron chi connectivity index (χ3n) is 1.95. The maximum Gasteiger partial charge on any atom is 0.337 e. The molecule has 0 aliphatic rings. The van der Waals surface area contributed by atoms with E-state index in [0.717, 1.165) is 5.69 Å².